The van der Waals surface area contributed by atoms with Crippen LogP contribution in [0.25, 0.3) is 0 Å². The van der Waals surface area contributed by atoms with E-state index in [1.165, 1.54) is 13.2 Å². The summed E-state index contributed by atoms with van der Waals surface area (Å²) in [4.78, 5) is 14.6. The third-order valence-electron chi connectivity index (χ3n) is 1.94. The summed E-state index contributed by atoms with van der Waals surface area (Å²) in [6.07, 6.45) is -3.12. The maximum absolute atomic E-state index is 12.6. The first-order valence-corrected chi connectivity index (χ1v) is 4.81. The second kappa shape index (κ2) is 5.55. The number of methoxy groups -OCH3 is 1. The number of hydrogen-bond donors (Lipinski definition) is 0. The topological polar surface area (TPSA) is 63.0 Å². The van der Waals surface area contributed by atoms with Gasteiger partial charge in [0.1, 0.15) is 6.07 Å². The van der Waals surface area contributed by atoms with Crippen LogP contribution in [0.4, 0.5) is 8.78 Å². The highest BCUT2D eigenvalue weighted by Gasteiger charge is 2.20. The van der Waals surface area contributed by atoms with E-state index in [2.05, 4.69) is 9.72 Å². The lowest BCUT2D eigenvalue weighted by Gasteiger charge is -2.07. The van der Waals surface area contributed by atoms with Crippen LogP contribution in [-0.2, 0) is 16.0 Å². The molecule has 0 unspecified atom stereocenters. The smallest absolute Gasteiger partial charge is 0.311 e. The van der Waals surface area contributed by atoms with Crippen LogP contribution < -0.4 is 0 Å². The number of esters is 1. The quantitative estimate of drug-likeness (QED) is 0.782. The Bertz CT molecular complexity index is 486. The molecule has 0 atom stereocenters. The highest BCUT2D eigenvalue weighted by Crippen LogP contribution is 2.29. The summed E-state index contributed by atoms with van der Waals surface area (Å²) in [5.74, 6) is -0.595. The fourth-order valence-corrected chi connectivity index (χ4v) is 1.47. The average molecular weight is 261 g/mol. The SMILES string of the molecule is COC(=O)Cc1cc(Cl)c(C(F)F)c(C#N)n1. The van der Waals surface area contributed by atoms with Crippen LogP contribution >= 0.6 is 11.6 Å². The van der Waals surface area contributed by atoms with Gasteiger partial charge in [-0.3, -0.25) is 4.79 Å². The number of carbonyl (C=O) groups is 1. The van der Waals surface area contributed by atoms with E-state index in [1.807, 2.05) is 0 Å². The fourth-order valence-electron chi connectivity index (χ4n) is 1.18. The zero-order valence-corrected chi connectivity index (χ0v) is 9.46. The van der Waals surface area contributed by atoms with Gasteiger partial charge in [-0.2, -0.15) is 5.26 Å². The van der Waals surface area contributed by atoms with E-state index in [-0.39, 0.29) is 17.1 Å². The van der Waals surface area contributed by atoms with Gasteiger partial charge in [-0.1, -0.05) is 11.6 Å². The molecular weight excluding hydrogens is 254 g/mol. The van der Waals surface area contributed by atoms with Crippen molar-refractivity contribution < 1.29 is 18.3 Å². The highest BCUT2D eigenvalue weighted by molar-refractivity contribution is 6.31. The Morgan fingerprint density at radius 3 is 2.82 bits per heavy atom. The van der Waals surface area contributed by atoms with Gasteiger partial charge in [-0.25, -0.2) is 13.8 Å². The molecule has 0 radical (unpaired) electrons. The summed E-state index contributed by atoms with van der Waals surface area (Å²) in [5.41, 5.74) is -0.989. The minimum Gasteiger partial charge on any atom is -0.469 e. The van der Waals surface area contributed by atoms with Crippen LogP contribution in [0.5, 0.6) is 0 Å². The van der Waals surface area contributed by atoms with Crippen molar-refractivity contribution in [3.63, 3.8) is 0 Å². The number of halogens is 3. The highest BCUT2D eigenvalue weighted by atomic mass is 35.5. The van der Waals surface area contributed by atoms with Gasteiger partial charge in [-0.05, 0) is 6.07 Å². The summed E-state index contributed by atoms with van der Waals surface area (Å²) in [5, 5.41) is 8.40. The number of aromatic nitrogens is 1. The number of alkyl halides is 2. The van der Waals surface area contributed by atoms with E-state index in [1.54, 1.807) is 0 Å². The van der Waals surface area contributed by atoms with E-state index < -0.39 is 23.7 Å². The summed E-state index contributed by atoms with van der Waals surface area (Å²) in [7, 11) is 1.18. The third kappa shape index (κ3) is 3.11. The molecule has 1 rings (SSSR count). The molecule has 4 nitrogen and oxygen atoms in total. The molecule has 0 aliphatic carbocycles. The number of carbonyl (C=O) groups excluding carboxylic acids is 1. The van der Waals surface area contributed by atoms with E-state index in [9.17, 15) is 13.6 Å². The summed E-state index contributed by atoms with van der Waals surface area (Å²) in [6, 6.07) is 2.65. The van der Waals surface area contributed by atoms with E-state index in [0.29, 0.717) is 0 Å². The molecule has 0 saturated heterocycles. The van der Waals surface area contributed by atoms with Crippen molar-refractivity contribution >= 4 is 17.6 Å². The molecule has 90 valence electrons. The molecule has 0 spiro atoms. The zero-order chi connectivity index (χ0) is 13.0. The standard InChI is InChI=1S/C10H7ClF2N2O2/c1-17-8(16)3-5-2-6(11)9(10(12)13)7(4-14)15-5/h2,10H,3H2,1H3. The largest absolute Gasteiger partial charge is 0.469 e. The van der Waals surface area contributed by atoms with Crippen molar-refractivity contribution in [1.29, 1.82) is 5.26 Å². The van der Waals surface area contributed by atoms with Crippen molar-refractivity contribution in [2.75, 3.05) is 7.11 Å². The van der Waals surface area contributed by atoms with Crippen molar-refractivity contribution in [3.05, 3.63) is 28.0 Å². The molecule has 1 heterocycles. The number of ether oxygens (including phenoxy) is 1. The minimum atomic E-state index is -2.89. The van der Waals surface area contributed by atoms with Crippen LogP contribution in [0.1, 0.15) is 23.4 Å². The number of pyridine rings is 1. The van der Waals surface area contributed by atoms with Crippen LogP contribution in [0.15, 0.2) is 6.07 Å². The molecular formula is C10H7ClF2N2O2. The zero-order valence-electron chi connectivity index (χ0n) is 8.71. The summed E-state index contributed by atoms with van der Waals surface area (Å²) >= 11 is 5.61. The van der Waals surface area contributed by atoms with Gasteiger partial charge >= 0.3 is 5.97 Å². The summed E-state index contributed by atoms with van der Waals surface area (Å²) in [6.45, 7) is 0. The van der Waals surface area contributed by atoms with Crippen molar-refractivity contribution in [2.24, 2.45) is 0 Å². The lowest BCUT2D eigenvalue weighted by molar-refractivity contribution is -0.139. The average Bonchev–Trinajstić information content (AvgIpc) is 2.27. The Morgan fingerprint density at radius 2 is 2.35 bits per heavy atom. The van der Waals surface area contributed by atoms with Gasteiger partial charge in [-0.15, -0.1) is 0 Å². The first-order valence-electron chi connectivity index (χ1n) is 4.44. The van der Waals surface area contributed by atoms with Crippen LogP contribution in [0.2, 0.25) is 5.02 Å². The fraction of sp³-hybridized carbons (Fsp3) is 0.300. The Labute approximate surface area is 101 Å². The predicted molar refractivity (Wildman–Crippen MR) is 54.6 cm³/mol. The Morgan fingerprint density at radius 1 is 1.71 bits per heavy atom. The Balaban J connectivity index is 3.19. The first kappa shape index (κ1) is 13.3. The summed E-state index contributed by atoms with van der Waals surface area (Å²) < 4.78 is 29.5. The van der Waals surface area contributed by atoms with Gasteiger partial charge in [0.05, 0.1) is 29.8 Å². The maximum Gasteiger partial charge on any atom is 0.311 e. The molecule has 17 heavy (non-hydrogen) atoms. The molecule has 1 aromatic heterocycles. The van der Waals surface area contributed by atoms with Gasteiger partial charge in [0.15, 0.2) is 5.69 Å². The van der Waals surface area contributed by atoms with Gasteiger partial charge in [0.25, 0.3) is 6.43 Å². The van der Waals surface area contributed by atoms with Gasteiger partial charge in [0, 0.05) is 0 Å². The lowest BCUT2D eigenvalue weighted by Crippen LogP contribution is -2.08. The van der Waals surface area contributed by atoms with Gasteiger partial charge < -0.3 is 4.74 Å². The number of nitriles is 1. The van der Waals surface area contributed by atoms with E-state index in [0.717, 1.165) is 6.07 Å². The van der Waals surface area contributed by atoms with Crippen molar-refractivity contribution in [1.82, 2.24) is 4.98 Å². The number of hydrogen-bond acceptors (Lipinski definition) is 4. The van der Waals surface area contributed by atoms with Crippen LogP contribution in [0.3, 0.4) is 0 Å². The van der Waals surface area contributed by atoms with E-state index >= 15 is 0 Å². The predicted octanol–water partition coefficient (Wildman–Crippen LogP) is 2.26. The molecule has 0 aromatic carbocycles. The first-order chi connectivity index (χ1) is 7.99. The molecule has 0 fully saturated rings. The molecule has 0 aliphatic heterocycles. The lowest BCUT2D eigenvalue weighted by atomic mass is 10.1. The van der Waals surface area contributed by atoms with Crippen molar-refractivity contribution in [3.8, 4) is 6.07 Å². The molecule has 0 saturated carbocycles. The van der Waals surface area contributed by atoms with Gasteiger partial charge in [0.2, 0.25) is 0 Å². The molecule has 0 amide bonds. The molecule has 0 N–H and O–H groups in total. The van der Waals surface area contributed by atoms with Crippen LogP contribution in [0, 0.1) is 11.3 Å². The van der Waals surface area contributed by atoms with E-state index in [4.69, 9.17) is 16.9 Å². The third-order valence-corrected chi connectivity index (χ3v) is 2.25. The molecule has 7 heteroatoms. The number of nitrogens with zero attached hydrogens (tertiary/aromatic N) is 2. The second-order valence-corrected chi connectivity index (χ2v) is 3.43. The normalized spacial score (nSPS) is 10.1. The monoisotopic (exact) mass is 260 g/mol. The second-order valence-electron chi connectivity index (χ2n) is 3.02. The van der Waals surface area contributed by atoms with Crippen molar-refractivity contribution in [2.45, 2.75) is 12.8 Å². The Hall–Kier alpha value is -1.74. The molecule has 0 aliphatic rings. The Kier molecular flexibility index (Phi) is 4.35. The molecule has 1 aromatic rings. The minimum absolute atomic E-state index is 0.114. The molecule has 0 bridgehead atoms. The van der Waals surface area contributed by atoms with Crippen LogP contribution in [-0.4, -0.2) is 18.1 Å². The number of rotatable bonds is 3. The maximum atomic E-state index is 12.6.